The van der Waals surface area contributed by atoms with Crippen LogP contribution in [0.1, 0.15) is 32.8 Å². The number of aromatic nitrogens is 2. The maximum absolute atomic E-state index is 12.3. The van der Waals surface area contributed by atoms with Crippen LogP contribution >= 0.6 is 11.8 Å². The lowest BCUT2D eigenvalue weighted by Crippen LogP contribution is -2.34. The molecule has 0 aliphatic rings. The molecule has 0 aromatic carbocycles. The second kappa shape index (κ2) is 8.66. The van der Waals surface area contributed by atoms with Crippen molar-refractivity contribution in [1.29, 1.82) is 0 Å². The van der Waals surface area contributed by atoms with Gasteiger partial charge < -0.3 is 5.32 Å². The van der Waals surface area contributed by atoms with Crippen molar-refractivity contribution in [1.82, 2.24) is 20.2 Å². The van der Waals surface area contributed by atoms with E-state index in [-0.39, 0.29) is 11.1 Å². The van der Waals surface area contributed by atoms with Gasteiger partial charge in [-0.25, -0.2) is 13.1 Å². The van der Waals surface area contributed by atoms with Crippen molar-refractivity contribution in [2.45, 2.75) is 44.8 Å². The van der Waals surface area contributed by atoms with Crippen LogP contribution < -0.4 is 10.0 Å². The topological polar surface area (TPSA) is 86.9 Å². The number of hydrogen-bond donors (Lipinski definition) is 3. The van der Waals surface area contributed by atoms with E-state index < -0.39 is 10.0 Å². The Morgan fingerprint density at radius 2 is 2.20 bits per heavy atom. The fourth-order valence-corrected chi connectivity index (χ4v) is 3.92. The summed E-state index contributed by atoms with van der Waals surface area (Å²) in [5.74, 6) is 2.00. The molecule has 0 radical (unpaired) electrons. The Morgan fingerprint density at radius 3 is 2.85 bits per heavy atom. The first-order valence-corrected chi connectivity index (χ1v) is 9.48. The molecule has 0 saturated carbocycles. The normalized spacial score (nSPS) is 13.6. The van der Waals surface area contributed by atoms with Crippen molar-refractivity contribution < 1.29 is 8.42 Å². The highest BCUT2D eigenvalue weighted by molar-refractivity contribution is 7.99. The van der Waals surface area contributed by atoms with Crippen molar-refractivity contribution in [2.24, 2.45) is 0 Å². The molecule has 116 valence electrons. The molecule has 20 heavy (non-hydrogen) atoms. The van der Waals surface area contributed by atoms with Gasteiger partial charge in [0.15, 0.2) is 5.03 Å². The molecule has 0 amide bonds. The molecule has 1 aromatic rings. The van der Waals surface area contributed by atoms with Gasteiger partial charge in [0.05, 0.1) is 6.20 Å². The van der Waals surface area contributed by atoms with Crippen LogP contribution in [0.4, 0.5) is 0 Å². The van der Waals surface area contributed by atoms with Gasteiger partial charge in [0.2, 0.25) is 0 Å². The lowest BCUT2D eigenvalue weighted by molar-refractivity contribution is 0.551. The highest BCUT2D eigenvalue weighted by Crippen LogP contribution is 2.13. The molecule has 0 aliphatic heterocycles. The number of thioether (sulfide) groups is 1. The Labute approximate surface area is 125 Å². The summed E-state index contributed by atoms with van der Waals surface area (Å²) in [6, 6.07) is -0.0886. The minimum Gasteiger partial charge on any atom is -0.313 e. The predicted molar refractivity (Wildman–Crippen MR) is 83.4 cm³/mol. The SMILES string of the molecule is CCNCc1cn[nH]c1S(=O)(=O)NC(C)CCSCC. The van der Waals surface area contributed by atoms with Crippen LogP contribution in [0.15, 0.2) is 11.2 Å². The van der Waals surface area contributed by atoms with E-state index in [1.807, 2.05) is 25.6 Å². The summed E-state index contributed by atoms with van der Waals surface area (Å²) in [7, 11) is -3.53. The minimum absolute atomic E-state index is 0.0886. The van der Waals surface area contributed by atoms with Crippen molar-refractivity contribution in [3.63, 3.8) is 0 Å². The molecule has 1 heterocycles. The Balaban J connectivity index is 2.66. The van der Waals surface area contributed by atoms with Crippen molar-refractivity contribution in [3.05, 3.63) is 11.8 Å². The van der Waals surface area contributed by atoms with Gasteiger partial charge >= 0.3 is 0 Å². The summed E-state index contributed by atoms with van der Waals surface area (Å²) >= 11 is 1.81. The molecule has 0 bridgehead atoms. The third-order valence-electron chi connectivity index (χ3n) is 2.77. The number of nitrogens with zero attached hydrogens (tertiary/aromatic N) is 1. The standard InChI is InChI=1S/C12H24N4O2S2/c1-4-13-8-11-9-14-15-12(11)20(17,18)16-10(3)6-7-19-5-2/h9-10,13,16H,4-8H2,1-3H3,(H,14,15). The minimum atomic E-state index is -3.53. The van der Waals surface area contributed by atoms with Gasteiger partial charge in [-0.1, -0.05) is 13.8 Å². The molecule has 1 atom stereocenters. The Hall–Kier alpha value is -0.570. The zero-order chi connectivity index (χ0) is 15.0. The number of aromatic amines is 1. The zero-order valence-electron chi connectivity index (χ0n) is 12.3. The molecule has 0 aliphatic carbocycles. The second-order valence-electron chi connectivity index (χ2n) is 4.51. The van der Waals surface area contributed by atoms with E-state index in [0.717, 1.165) is 24.5 Å². The third kappa shape index (κ3) is 5.43. The fourth-order valence-electron chi connectivity index (χ4n) is 1.70. The summed E-state index contributed by atoms with van der Waals surface area (Å²) in [6.07, 6.45) is 2.36. The number of nitrogens with one attached hydrogen (secondary N) is 3. The molecule has 0 fully saturated rings. The molecule has 1 aromatic heterocycles. The maximum atomic E-state index is 12.3. The van der Waals surface area contributed by atoms with Crippen molar-refractivity contribution >= 4 is 21.8 Å². The monoisotopic (exact) mass is 320 g/mol. The number of hydrogen-bond acceptors (Lipinski definition) is 5. The van der Waals surface area contributed by atoms with Gasteiger partial charge in [0.25, 0.3) is 10.0 Å². The third-order valence-corrected chi connectivity index (χ3v) is 5.30. The van der Waals surface area contributed by atoms with E-state index in [2.05, 4.69) is 27.2 Å². The highest BCUT2D eigenvalue weighted by atomic mass is 32.2. The van der Waals surface area contributed by atoms with E-state index in [1.54, 1.807) is 6.20 Å². The molecular weight excluding hydrogens is 296 g/mol. The molecule has 3 N–H and O–H groups in total. The average molecular weight is 320 g/mol. The smallest absolute Gasteiger partial charge is 0.258 e. The Bertz CT molecular complexity index is 487. The lowest BCUT2D eigenvalue weighted by Gasteiger charge is -2.13. The molecule has 1 unspecified atom stereocenters. The first-order chi connectivity index (χ1) is 9.51. The lowest BCUT2D eigenvalue weighted by atomic mass is 10.3. The van der Waals surface area contributed by atoms with Crippen LogP contribution in [0.25, 0.3) is 0 Å². The Morgan fingerprint density at radius 1 is 1.45 bits per heavy atom. The van der Waals surface area contributed by atoms with E-state index in [9.17, 15) is 8.42 Å². The van der Waals surface area contributed by atoms with Crippen LogP contribution in [0.3, 0.4) is 0 Å². The van der Waals surface area contributed by atoms with E-state index in [1.165, 1.54) is 0 Å². The first kappa shape index (κ1) is 17.5. The average Bonchev–Trinajstić information content (AvgIpc) is 2.85. The molecular formula is C12H24N4O2S2. The zero-order valence-corrected chi connectivity index (χ0v) is 13.9. The predicted octanol–water partition coefficient (Wildman–Crippen LogP) is 1.33. The molecule has 1 rings (SSSR count). The quantitative estimate of drug-likeness (QED) is 0.566. The summed E-state index contributed by atoms with van der Waals surface area (Å²) in [5, 5.41) is 9.68. The summed E-state index contributed by atoms with van der Waals surface area (Å²) in [4.78, 5) is 0. The van der Waals surface area contributed by atoms with Crippen molar-refractivity contribution in [3.8, 4) is 0 Å². The van der Waals surface area contributed by atoms with Crippen LogP contribution in [-0.2, 0) is 16.6 Å². The van der Waals surface area contributed by atoms with Gasteiger partial charge in [-0.05, 0) is 31.4 Å². The van der Waals surface area contributed by atoms with Gasteiger partial charge in [-0.15, -0.1) is 0 Å². The second-order valence-corrected chi connectivity index (χ2v) is 7.56. The fraction of sp³-hybridized carbons (Fsp3) is 0.750. The van der Waals surface area contributed by atoms with Crippen LogP contribution in [0, 0.1) is 0 Å². The molecule has 8 heteroatoms. The largest absolute Gasteiger partial charge is 0.313 e. The first-order valence-electron chi connectivity index (χ1n) is 6.84. The maximum Gasteiger partial charge on any atom is 0.258 e. The van der Waals surface area contributed by atoms with Crippen LogP contribution in [0.2, 0.25) is 0 Å². The van der Waals surface area contributed by atoms with Crippen LogP contribution in [-0.4, -0.2) is 42.7 Å². The van der Waals surface area contributed by atoms with E-state index in [4.69, 9.17) is 0 Å². The number of sulfonamides is 1. The summed E-state index contributed by atoms with van der Waals surface area (Å²) < 4.78 is 27.3. The summed E-state index contributed by atoms with van der Waals surface area (Å²) in [5.41, 5.74) is 0.662. The van der Waals surface area contributed by atoms with Gasteiger partial charge in [0.1, 0.15) is 0 Å². The van der Waals surface area contributed by atoms with Crippen LogP contribution in [0.5, 0.6) is 0 Å². The Kier molecular flexibility index (Phi) is 7.57. The highest BCUT2D eigenvalue weighted by Gasteiger charge is 2.22. The van der Waals surface area contributed by atoms with E-state index >= 15 is 0 Å². The number of rotatable bonds is 10. The van der Waals surface area contributed by atoms with Gasteiger partial charge in [0, 0.05) is 18.2 Å². The van der Waals surface area contributed by atoms with Gasteiger partial charge in [-0.2, -0.15) is 16.9 Å². The van der Waals surface area contributed by atoms with Gasteiger partial charge in [-0.3, -0.25) is 5.10 Å². The molecule has 0 spiro atoms. The molecule has 0 saturated heterocycles. The molecule has 6 nitrogen and oxygen atoms in total. The number of H-pyrrole nitrogens is 1. The summed E-state index contributed by atoms with van der Waals surface area (Å²) in [6.45, 7) is 7.22. The van der Waals surface area contributed by atoms with E-state index in [0.29, 0.717) is 12.1 Å². The van der Waals surface area contributed by atoms with Crippen molar-refractivity contribution in [2.75, 3.05) is 18.1 Å².